The highest BCUT2D eigenvalue weighted by Crippen LogP contribution is 2.10. The molecule has 0 N–H and O–H groups in total. The minimum absolute atomic E-state index is 1.18. The maximum Gasteiger partial charge on any atom is 0.129 e. The molecule has 0 aromatic heterocycles. The van der Waals surface area contributed by atoms with Crippen LogP contribution in [0.5, 0.6) is 0 Å². The molecule has 0 aliphatic rings. The van der Waals surface area contributed by atoms with Crippen molar-refractivity contribution < 1.29 is 4.48 Å². The highest BCUT2D eigenvalue weighted by molar-refractivity contribution is 14.1. The fraction of sp³-hybridized carbons (Fsp3) is 1.00. The zero-order valence-corrected chi connectivity index (χ0v) is 12.3. The second kappa shape index (κ2) is 8.96. The summed E-state index contributed by atoms with van der Waals surface area (Å²) in [5.41, 5.74) is 0. The van der Waals surface area contributed by atoms with Crippen molar-refractivity contribution in [3.8, 4) is 0 Å². The van der Waals surface area contributed by atoms with Crippen LogP contribution in [0.2, 0.25) is 0 Å². The van der Waals surface area contributed by atoms with E-state index in [1.807, 2.05) is 0 Å². The lowest BCUT2D eigenvalue weighted by atomic mass is 10.1. The summed E-state index contributed by atoms with van der Waals surface area (Å²) >= 11 is 2.48. The van der Waals surface area contributed by atoms with Crippen molar-refractivity contribution in [2.75, 3.05) is 25.2 Å². The first kappa shape index (κ1) is 14.7. The summed E-state index contributed by atoms with van der Waals surface area (Å²) in [5.74, 6) is 0. The van der Waals surface area contributed by atoms with E-state index in [2.05, 4.69) is 43.6 Å². The monoisotopic (exact) mass is 312 g/mol. The summed E-state index contributed by atoms with van der Waals surface area (Å²) in [6, 6.07) is 0. The van der Waals surface area contributed by atoms with Gasteiger partial charge in [-0.2, -0.15) is 0 Å². The van der Waals surface area contributed by atoms with E-state index in [0.29, 0.717) is 0 Å². The largest absolute Gasteiger partial charge is 0.320 e. The number of nitrogens with zero attached hydrogens (tertiary/aromatic N) is 1. The maximum atomic E-state index is 2.48. The summed E-state index contributed by atoms with van der Waals surface area (Å²) in [5, 5.41) is 0. The Hall–Kier alpha value is 0.690. The molecular formula is C12H27IN+. The molecule has 0 spiro atoms. The lowest BCUT2D eigenvalue weighted by Gasteiger charge is -2.27. The van der Waals surface area contributed by atoms with Crippen LogP contribution in [-0.2, 0) is 0 Å². The smallest absolute Gasteiger partial charge is 0.129 e. The number of hydrogen-bond donors (Lipinski definition) is 0. The Balaban J connectivity index is 3.13. The van der Waals surface area contributed by atoms with Crippen molar-refractivity contribution in [3.05, 3.63) is 0 Å². The predicted octanol–water partition coefficient (Wildman–Crippen LogP) is 4.21. The fourth-order valence-corrected chi connectivity index (χ4v) is 1.90. The molecule has 0 amide bonds. The van der Waals surface area contributed by atoms with Gasteiger partial charge in [0.15, 0.2) is 0 Å². The predicted molar refractivity (Wildman–Crippen MR) is 73.9 cm³/mol. The van der Waals surface area contributed by atoms with Gasteiger partial charge in [0, 0.05) is 0 Å². The second-order valence-corrected chi connectivity index (χ2v) is 5.58. The van der Waals surface area contributed by atoms with E-state index in [1.165, 1.54) is 60.5 Å². The van der Waals surface area contributed by atoms with Crippen molar-refractivity contribution in [1.29, 1.82) is 0 Å². The summed E-state index contributed by atoms with van der Waals surface area (Å²) in [6.45, 7) is 3.62. The SMILES string of the molecule is CCCCCCCCC[N+](C)(C)CI. The molecule has 86 valence electrons. The Bertz CT molecular complexity index is 123. The van der Waals surface area contributed by atoms with Crippen LogP contribution in [0, 0.1) is 0 Å². The van der Waals surface area contributed by atoms with Crippen LogP contribution in [0.1, 0.15) is 51.9 Å². The Morgan fingerprint density at radius 2 is 1.36 bits per heavy atom. The van der Waals surface area contributed by atoms with Crippen molar-refractivity contribution >= 4 is 22.6 Å². The topological polar surface area (TPSA) is 0 Å². The molecule has 0 fully saturated rings. The first-order valence-corrected chi connectivity index (χ1v) is 7.53. The van der Waals surface area contributed by atoms with Gasteiger partial charge >= 0.3 is 0 Å². The van der Waals surface area contributed by atoms with Gasteiger partial charge in [-0.15, -0.1) is 0 Å². The number of quaternary nitrogens is 1. The van der Waals surface area contributed by atoms with E-state index in [0.717, 1.165) is 0 Å². The van der Waals surface area contributed by atoms with Crippen LogP contribution in [0.4, 0.5) is 0 Å². The van der Waals surface area contributed by atoms with Gasteiger partial charge in [0.25, 0.3) is 0 Å². The van der Waals surface area contributed by atoms with E-state index < -0.39 is 0 Å². The highest BCUT2D eigenvalue weighted by atomic mass is 127. The Morgan fingerprint density at radius 3 is 1.86 bits per heavy atom. The lowest BCUT2D eigenvalue weighted by molar-refractivity contribution is -0.874. The molecule has 0 aromatic carbocycles. The molecule has 0 aliphatic carbocycles. The average Bonchev–Trinajstić information content (AvgIpc) is 2.16. The van der Waals surface area contributed by atoms with Crippen LogP contribution < -0.4 is 0 Å². The maximum absolute atomic E-state index is 2.48. The normalized spacial score (nSPS) is 12.0. The Kier molecular flexibility index (Phi) is 9.40. The zero-order valence-electron chi connectivity index (χ0n) is 10.2. The number of halogens is 1. The van der Waals surface area contributed by atoms with Gasteiger partial charge in [-0.3, -0.25) is 0 Å². The molecule has 0 unspecified atom stereocenters. The molecule has 0 bridgehead atoms. The van der Waals surface area contributed by atoms with Crippen molar-refractivity contribution in [2.24, 2.45) is 0 Å². The minimum atomic E-state index is 1.18. The molecule has 0 radical (unpaired) electrons. The molecule has 0 heterocycles. The van der Waals surface area contributed by atoms with Gasteiger partial charge in [-0.05, 0) is 35.4 Å². The molecule has 0 saturated carbocycles. The molecule has 1 nitrogen and oxygen atoms in total. The summed E-state index contributed by atoms with van der Waals surface area (Å²) in [4.78, 5) is 0. The van der Waals surface area contributed by atoms with Crippen LogP contribution >= 0.6 is 22.6 Å². The first-order chi connectivity index (χ1) is 6.62. The van der Waals surface area contributed by atoms with E-state index in [-0.39, 0.29) is 0 Å². The molecule has 14 heavy (non-hydrogen) atoms. The molecule has 0 atom stereocenters. The standard InChI is InChI=1S/C12H27IN/c1-4-5-6-7-8-9-10-11-14(2,3)12-13/h4-12H2,1-3H3/q+1. The van der Waals surface area contributed by atoms with E-state index >= 15 is 0 Å². The number of unbranched alkanes of at least 4 members (excludes halogenated alkanes) is 6. The average molecular weight is 312 g/mol. The molecule has 2 heteroatoms. The molecule has 0 rings (SSSR count). The summed E-state index contributed by atoms with van der Waals surface area (Å²) in [6.07, 6.45) is 9.96. The van der Waals surface area contributed by atoms with Gasteiger partial charge in [0.05, 0.1) is 20.6 Å². The third-order valence-corrected chi connectivity index (χ3v) is 4.54. The zero-order chi connectivity index (χ0) is 10.9. The Labute approximate surface area is 104 Å². The molecule has 0 aromatic rings. The van der Waals surface area contributed by atoms with Gasteiger partial charge in [0.2, 0.25) is 0 Å². The van der Waals surface area contributed by atoms with E-state index in [4.69, 9.17) is 0 Å². The lowest BCUT2D eigenvalue weighted by Crippen LogP contribution is -2.38. The molecule has 0 aliphatic heterocycles. The van der Waals surface area contributed by atoms with Gasteiger partial charge in [-0.1, -0.05) is 39.0 Å². The van der Waals surface area contributed by atoms with Gasteiger partial charge < -0.3 is 4.48 Å². The third kappa shape index (κ3) is 9.25. The number of hydrogen-bond acceptors (Lipinski definition) is 0. The van der Waals surface area contributed by atoms with Crippen LogP contribution in [0.25, 0.3) is 0 Å². The van der Waals surface area contributed by atoms with E-state index in [9.17, 15) is 0 Å². The summed E-state index contributed by atoms with van der Waals surface area (Å²) < 4.78 is 2.41. The van der Waals surface area contributed by atoms with Crippen molar-refractivity contribution in [1.82, 2.24) is 0 Å². The van der Waals surface area contributed by atoms with Crippen molar-refractivity contribution in [2.45, 2.75) is 51.9 Å². The number of alkyl halides is 1. The van der Waals surface area contributed by atoms with Crippen LogP contribution in [-0.4, -0.2) is 29.7 Å². The fourth-order valence-electron chi connectivity index (χ4n) is 1.56. The third-order valence-electron chi connectivity index (χ3n) is 2.69. The second-order valence-electron chi connectivity index (χ2n) is 4.90. The first-order valence-electron chi connectivity index (χ1n) is 6.00. The molecule has 0 saturated heterocycles. The minimum Gasteiger partial charge on any atom is -0.320 e. The van der Waals surface area contributed by atoms with Gasteiger partial charge in [-0.25, -0.2) is 0 Å². The highest BCUT2D eigenvalue weighted by Gasteiger charge is 2.10. The van der Waals surface area contributed by atoms with Crippen molar-refractivity contribution in [3.63, 3.8) is 0 Å². The van der Waals surface area contributed by atoms with Gasteiger partial charge in [0.1, 0.15) is 4.55 Å². The quantitative estimate of drug-likeness (QED) is 0.197. The Morgan fingerprint density at radius 1 is 0.857 bits per heavy atom. The van der Waals surface area contributed by atoms with Crippen LogP contribution in [0.3, 0.4) is 0 Å². The van der Waals surface area contributed by atoms with Crippen LogP contribution in [0.15, 0.2) is 0 Å². The van der Waals surface area contributed by atoms with E-state index in [1.54, 1.807) is 0 Å². The summed E-state index contributed by atoms with van der Waals surface area (Å²) in [7, 11) is 4.65. The molecular weight excluding hydrogens is 285 g/mol. The number of rotatable bonds is 9.